The van der Waals surface area contributed by atoms with Crippen molar-refractivity contribution in [2.75, 3.05) is 20.8 Å². The number of benzene rings is 1. The molecule has 7 heteroatoms. The predicted octanol–water partition coefficient (Wildman–Crippen LogP) is 2.39. The van der Waals surface area contributed by atoms with Crippen LogP contribution in [0.1, 0.15) is 18.6 Å². The first-order valence-corrected chi connectivity index (χ1v) is 6.75. The van der Waals surface area contributed by atoms with Gasteiger partial charge in [0, 0.05) is 5.56 Å². The van der Waals surface area contributed by atoms with Crippen molar-refractivity contribution in [3.63, 3.8) is 0 Å². The molecule has 0 amide bonds. The van der Waals surface area contributed by atoms with Gasteiger partial charge in [0.1, 0.15) is 0 Å². The summed E-state index contributed by atoms with van der Waals surface area (Å²) in [6.45, 7) is 2.01. The van der Waals surface area contributed by atoms with Crippen LogP contribution in [-0.2, 0) is 14.3 Å². The molecule has 1 aliphatic heterocycles. The lowest BCUT2D eigenvalue weighted by atomic mass is 10.0. The van der Waals surface area contributed by atoms with E-state index in [1.165, 1.54) is 20.6 Å². The van der Waals surface area contributed by atoms with E-state index in [1.54, 1.807) is 19.1 Å². The topological polar surface area (TPSA) is 66.4 Å². The largest absolute Gasteiger partial charge is 0.493 e. The van der Waals surface area contributed by atoms with Gasteiger partial charge in [-0.2, -0.15) is 0 Å². The number of hydrogen-bond donors (Lipinski definition) is 0. The smallest absolute Gasteiger partial charge is 0.335 e. The van der Waals surface area contributed by atoms with Gasteiger partial charge < -0.3 is 18.9 Å². The maximum absolute atomic E-state index is 11.9. The fourth-order valence-electron chi connectivity index (χ4n) is 2.10. The van der Waals surface area contributed by atoms with E-state index >= 15 is 0 Å². The first-order chi connectivity index (χ1) is 10.1. The summed E-state index contributed by atoms with van der Waals surface area (Å²) in [7, 11) is 3.01. The van der Waals surface area contributed by atoms with Gasteiger partial charge in [-0.15, -0.1) is 0 Å². The molecular weight excluding hydrogens is 298 g/mol. The van der Waals surface area contributed by atoms with E-state index in [4.69, 9.17) is 30.5 Å². The van der Waals surface area contributed by atoms with Gasteiger partial charge >= 0.3 is 5.97 Å². The van der Waals surface area contributed by atoms with Gasteiger partial charge in [0.25, 0.3) is 0 Å². The summed E-state index contributed by atoms with van der Waals surface area (Å²) in [5.74, 6) is 0.426. The zero-order valence-electron chi connectivity index (χ0n) is 12.0. The second-order valence-corrected chi connectivity index (χ2v) is 4.59. The molecule has 21 heavy (non-hydrogen) atoms. The summed E-state index contributed by atoms with van der Waals surface area (Å²) in [5.41, 5.74) is 0.588. The fourth-order valence-corrected chi connectivity index (χ4v) is 2.44. The van der Waals surface area contributed by atoms with Gasteiger partial charge in [-0.3, -0.25) is 0 Å². The number of esters is 1. The molecule has 114 valence electrons. The summed E-state index contributed by atoms with van der Waals surface area (Å²) in [4.78, 5) is 15.9. The van der Waals surface area contributed by atoms with E-state index < -0.39 is 18.1 Å². The van der Waals surface area contributed by atoms with Crippen molar-refractivity contribution in [1.29, 1.82) is 0 Å². The molecule has 1 aromatic carbocycles. The van der Waals surface area contributed by atoms with E-state index in [0.717, 1.165) is 0 Å². The Morgan fingerprint density at radius 2 is 2.14 bits per heavy atom. The Bertz CT molecular complexity index is 561. The molecule has 0 spiro atoms. The fraction of sp³-hybridized carbons (Fsp3) is 0.429. The average molecular weight is 314 g/mol. The second-order valence-electron chi connectivity index (χ2n) is 4.21. The van der Waals surface area contributed by atoms with Crippen LogP contribution < -0.4 is 9.47 Å². The van der Waals surface area contributed by atoms with E-state index in [0.29, 0.717) is 22.1 Å². The lowest BCUT2D eigenvalue weighted by Crippen LogP contribution is -2.26. The molecular formula is C14H16ClNO5. The van der Waals surface area contributed by atoms with Gasteiger partial charge in [0.2, 0.25) is 0 Å². The van der Waals surface area contributed by atoms with Gasteiger partial charge in [-0.25, -0.2) is 9.79 Å². The molecule has 1 heterocycles. The van der Waals surface area contributed by atoms with Crippen LogP contribution in [0.25, 0.3) is 0 Å². The molecule has 0 fully saturated rings. The molecule has 0 N–H and O–H groups in total. The molecule has 1 aromatic rings. The number of carbonyl (C=O) groups excluding carboxylic acids is 1. The Morgan fingerprint density at radius 3 is 2.76 bits per heavy atom. The Hall–Kier alpha value is -1.95. The highest BCUT2D eigenvalue weighted by atomic mass is 35.5. The summed E-state index contributed by atoms with van der Waals surface area (Å²) in [6, 6.07) is 2.64. The summed E-state index contributed by atoms with van der Waals surface area (Å²) >= 11 is 6.33. The number of hydrogen-bond acceptors (Lipinski definition) is 6. The lowest BCUT2D eigenvalue weighted by Gasteiger charge is -2.19. The zero-order valence-corrected chi connectivity index (χ0v) is 12.7. The average Bonchev–Trinajstić information content (AvgIpc) is 2.96. The molecule has 0 saturated heterocycles. The number of methoxy groups -OCH3 is 2. The van der Waals surface area contributed by atoms with Crippen LogP contribution in [0.4, 0.5) is 0 Å². The maximum Gasteiger partial charge on any atom is 0.335 e. The minimum atomic E-state index is -0.777. The lowest BCUT2D eigenvalue weighted by molar-refractivity contribution is -0.146. The van der Waals surface area contributed by atoms with E-state index in [1.807, 2.05) is 0 Å². The Morgan fingerprint density at radius 1 is 1.38 bits per heavy atom. The third kappa shape index (κ3) is 2.90. The van der Waals surface area contributed by atoms with Crippen LogP contribution in [0, 0.1) is 0 Å². The van der Waals surface area contributed by atoms with Crippen molar-refractivity contribution < 1.29 is 23.7 Å². The molecule has 2 rings (SSSR count). The summed E-state index contributed by atoms with van der Waals surface area (Å²) < 4.78 is 20.8. The van der Waals surface area contributed by atoms with Crippen LogP contribution in [0.15, 0.2) is 17.1 Å². The number of aliphatic imine (C=N–C) groups is 1. The highest BCUT2D eigenvalue weighted by Crippen LogP contribution is 2.42. The molecule has 0 aromatic heterocycles. The van der Waals surface area contributed by atoms with Gasteiger partial charge in [0.05, 0.1) is 25.8 Å². The number of ether oxygens (including phenoxy) is 4. The zero-order chi connectivity index (χ0) is 15.4. The van der Waals surface area contributed by atoms with E-state index in [9.17, 15) is 4.79 Å². The van der Waals surface area contributed by atoms with Crippen molar-refractivity contribution >= 4 is 24.0 Å². The van der Waals surface area contributed by atoms with Crippen molar-refractivity contribution in [1.82, 2.24) is 0 Å². The van der Waals surface area contributed by atoms with Gasteiger partial charge in [-0.05, 0) is 19.1 Å². The van der Waals surface area contributed by atoms with Crippen LogP contribution in [-0.4, -0.2) is 39.2 Å². The highest BCUT2D eigenvalue weighted by molar-refractivity contribution is 6.33. The number of halogens is 1. The Labute approximate surface area is 127 Å². The molecule has 0 saturated carbocycles. The van der Waals surface area contributed by atoms with Crippen LogP contribution >= 0.6 is 11.6 Å². The molecule has 1 aliphatic rings. The Balaban J connectivity index is 2.35. The SMILES string of the molecule is CCOC(=O)C1N=COC1c1ccc(OC)c(OC)c1Cl. The Kier molecular flexibility index (Phi) is 4.90. The third-order valence-corrected chi connectivity index (χ3v) is 3.46. The van der Waals surface area contributed by atoms with Crippen molar-refractivity contribution in [2.45, 2.75) is 19.1 Å². The second kappa shape index (κ2) is 6.67. The summed E-state index contributed by atoms with van der Waals surface area (Å²) in [6.07, 6.45) is 0.593. The van der Waals surface area contributed by atoms with Gasteiger partial charge in [-0.1, -0.05) is 11.6 Å². The first-order valence-electron chi connectivity index (χ1n) is 6.38. The number of carbonyl (C=O) groups is 1. The monoisotopic (exact) mass is 313 g/mol. The highest BCUT2D eigenvalue weighted by Gasteiger charge is 2.37. The standard InChI is InChI=1S/C14H16ClNO5/c1-4-20-14(17)11-12(21-7-16-11)8-5-6-9(18-2)13(19-3)10(8)15/h5-7,11-12H,4H2,1-3H3. The van der Waals surface area contributed by atoms with Crippen LogP contribution in [0.3, 0.4) is 0 Å². The molecule has 2 unspecified atom stereocenters. The molecule has 2 atom stereocenters. The van der Waals surface area contributed by atoms with E-state index in [-0.39, 0.29) is 6.61 Å². The molecule has 0 aliphatic carbocycles. The quantitative estimate of drug-likeness (QED) is 0.781. The molecule has 0 bridgehead atoms. The minimum Gasteiger partial charge on any atom is -0.493 e. The van der Waals surface area contributed by atoms with E-state index in [2.05, 4.69) is 4.99 Å². The maximum atomic E-state index is 11.9. The van der Waals surface area contributed by atoms with Gasteiger partial charge in [0.15, 0.2) is 30.0 Å². The number of rotatable bonds is 5. The summed E-state index contributed by atoms with van der Waals surface area (Å²) in [5, 5.41) is 0.321. The van der Waals surface area contributed by atoms with Crippen LogP contribution in [0.2, 0.25) is 5.02 Å². The first kappa shape index (κ1) is 15.4. The number of nitrogens with zero attached hydrogens (tertiary/aromatic N) is 1. The minimum absolute atomic E-state index is 0.275. The van der Waals surface area contributed by atoms with Crippen molar-refractivity contribution in [3.8, 4) is 11.5 Å². The normalized spacial score (nSPS) is 20.0. The van der Waals surface area contributed by atoms with Crippen LogP contribution in [0.5, 0.6) is 11.5 Å². The van der Waals surface area contributed by atoms with Crippen molar-refractivity contribution in [2.24, 2.45) is 4.99 Å². The predicted molar refractivity (Wildman–Crippen MR) is 77.3 cm³/mol. The third-order valence-electron chi connectivity index (χ3n) is 3.07. The molecule has 0 radical (unpaired) electrons. The van der Waals surface area contributed by atoms with Crippen molar-refractivity contribution in [3.05, 3.63) is 22.7 Å². The molecule has 6 nitrogen and oxygen atoms in total.